The van der Waals surface area contributed by atoms with E-state index in [4.69, 9.17) is 5.73 Å². The van der Waals surface area contributed by atoms with Gasteiger partial charge in [-0.15, -0.1) is 0 Å². The van der Waals surface area contributed by atoms with Gasteiger partial charge in [0.15, 0.2) is 11.7 Å². The number of para-hydroxylation sites is 3. The van der Waals surface area contributed by atoms with Crippen LogP contribution < -0.4 is 10.6 Å². The predicted octanol–water partition coefficient (Wildman–Crippen LogP) is 1.51. The van der Waals surface area contributed by atoms with Crippen molar-refractivity contribution < 1.29 is 10.0 Å². The van der Waals surface area contributed by atoms with Crippen molar-refractivity contribution in [2.45, 2.75) is 12.9 Å². The third-order valence-electron chi connectivity index (χ3n) is 4.08. The molecule has 1 atom stereocenters. The average Bonchev–Trinajstić information content (AvgIpc) is 2.93. The van der Waals surface area contributed by atoms with Gasteiger partial charge in [0.1, 0.15) is 0 Å². The normalized spacial score (nSPS) is 18.4. The van der Waals surface area contributed by atoms with Crippen LogP contribution in [0.3, 0.4) is 0 Å². The lowest BCUT2D eigenvalue weighted by atomic mass is 10.2. The molecular weight excluding hydrogens is 324 g/mol. The predicted molar refractivity (Wildman–Crippen MR) is 92.3 cm³/mol. The summed E-state index contributed by atoms with van der Waals surface area (Å²) in [5.41, 5.74) is 7.68. The van der Waals surface area contributed by atoms with Gasteiger partial charge >= 0.3 is 0 Å². The number of aliphatic hydroxyl groups is 1. The molecule has 2 aromatic carbocycles. The van der Waals surface area contributed by atoms with E-state index in [0.717, 1.165) is 0 Å². The minimum absolute atomic E-state index is 0.0261. The Labute approximate surface area is 142 Å². The number of anilines is 1. The Balaban J connectivity index is 1.70. The van der Waals surface area contributed by atoms with Gasteiger partial charge in [-0.05, 0) is 12.1 Å². The maximum Gasteiger partial charge on any atom is 0.274 e. The summed E-state index contributed by atoms with van der Waals surface area (Å²) in [6.07, 6.45) is -1.13. The number of nitrogens with two attached hydrogens (primary N) is 1. The van der Waals surface area contributed by atoms with E-state index in [9.17, 15) is 15.2 Å². The van der Waals surface area contributed by atoms with E-state index in [1.165, 1.54) is 11.1 Å². The van der Waals surface area contributed by atoms with Crippen LogP contribution in [0.2, 0.25) is 0 Å². The topological polar surface area (TPSA) is 121 Å². The van der Waals surface area contributed by atoms with Gasteiger partial charge in [0.25, 0.3) is 5.69 Å². The first kappa shape index (κ1) is 15.1. The Hall–Kier alpha value is -3.46. The van der Waals surface area contributed by atoms with E-state index in [1.54, 1.807) is 35.2 Å². The van der Waals surface area contributed by atoms with Crippen molar-refractivity contribution in [3.63, 3.8) is 0 Å². The van der Waals surface area contributed by atoms with Gasteiger partial charge in [-0.1, -0.05) is 30.3 Å². The number of amidine groups is 2. The quantitative estimate of drug-likeness (QED) is 0.646. The largest absolute Gasteiger partial charge is 0.381 e. The third kappa shape index (κ3) is 2.37. The highest BCUT2D eigenvalue weighted by Gasteiger charge is 2.39. The first-order chi connectivity index (χ1) is 12.1. The van der Waals surface area contributed by atoms with Gasteiger partial charge in [-0.2, -0.15) is 5.10 Å². The van der Waals surface area contributed by atoms with Crippen molar-refractivity contribution in [2.24, 2.45) is 15.8 Å². The standard InChI is InChI=1S/C16H14N6O3/c17-14-15-19-20(9-10-5-1-3-7-12(10)22(24)25)16(23)21(15)13-8-4-2-6-11(13)18-14/h1-8,16,23H,9H2,(H2,17,18). The van der Waals surface area contributed by atoms with Crippen LogP contribution in [0, 0.1) is 10.1 Å². The molecule has 0 spiro atoms. The number of aliphatic hydroxyl groups excluding tert-OH is 1. The lowest BCUT2D eigenvalue weighted by Gasteiger charge is -2.30. The minimum Gasteiger partial charge on any atom is -0.381 e. The lowest BCUT2D eigenvalue weighted by Crippen LogP contribution is -2.47. The van der Waals surface area contributed by atoms with Crippen molar-refractivity contribution in [3.05, 3.63) is 64.2 Å². The van der Waals surface area contributed by atoms with Crippen LogP contribution >= 0.6 is 0 Å². The molecule has 0 bridgehead atoms. The number of aliphatic imine (C=N–C) groups is 1. The zero-order chi connectivity index (χ0) is 17.6. The fourth-order valence-corrected chi connectivity index (χ4v) is 2.93. The molecule has 0 aromatic heterocycles. The second-order valence-electron chi connectivity index (χ2n) is 5.61. The van der Waals surface area contributed by atoms with Crippen LogP contribution in [-0.2, 0) is 6.54 Å². The highest BCUT2D eigenvalue weighted by Crippen LogP contribution is 2.36. The molecule has 9 heteroatoms. The van der Waals surface area contributed by atoms with Crippen LogP contribution in [0.25, 0.3) is 0 Å². The highest BCUT2D eigenvalue weighted by molar-refractivity contribution is 6.47. The Bertz CT molecular complexity index is 926. The first-order valence-corrected chi connectivity index (χ1v) is 7.54. The second kappa shape index (κ2) is 5.56. The highest BCUT2D eigenvalue weighted by atomic mass is 16.6. The monoisotopic (exact) mass is 338 g/mol. The van der Waals surface area contributed by atoms with Crippen LogP contribution in [-0.4, -0.2) is 33.1 Å². The van der Waals surface area contributed by atoms with E-state index in [1.807, 2.05) is 12.1 Å². The summed E-state index contributed by atoms with van der Waals surface area (Å²) in [5.74, 6) is 0.507. The summed E-state index contributed by atoms with van der Waals surface area (Å²) in [6.45, 7) is 0.0633. The summed E-state index contributed by atoms with van der Waals surface area (Å²) >= 11 is 0. The minimum atomic E-state index is -1.13. The van der Waals surface area contributed by atoms with Gasteiger partial charge in [-0.3, -0.25) is 15.0 Å². The summed E-state index contributed by atoms with van der Waals surface area (Å²) < 4.78 is 0. The molecule has 2 aliphatic rings. The first-order valence-electron chi connectivity index (χ1n) is 7.54. The Morgan fingerprint density at radius 3 is 2.72 bits per heavy atom. The molecule has 0 fully saturated rings. The zero-order valence-electron chi connectivity index (χ0n) is 13.0. The fourth-order valence-electron chi connectivity index (χ4n) is 2.93. The smallest absolute Gasteiger partial charge is 0.274 e. The molecule has 1 unspecified atom stereocenters. The molecule has 2 aromatic rings. The fraction of sp³-hybridized carbons (Fsp3) is 0.125. The number of hydrazone groups is 1. The summed E-state index contributed by atoms with van der Waals surface area (Å²) in [7, 11) is 0. The van der Waals surface area contributed by atoms with Crippen molar-refractivity contribution in [3.8, 4) is 0 Å². The van der Waals surface area contributed by atoms with Crippen LogP contribution in [0.15, 0.2) is 58.6 Å². The molecule has 0 radical (unpaired) electrons. The molecule has 4 rings (SSSR count). The van der Waals surface area contributed by atoms with E-state index in [0.29, 0.717) is 22.8 Å². The van der Waals surface area contributed by atoms with Gasteiger partial charge < -0.3 is 10.8 Å². The Morgan fingerprint density at radius 1 is 1.20 bits per heavy atom. The van der Waals surface area contributed by atoms with E-state index in [-0.39, 0.29) is 18.1 Å². The molecule has 25 heavy (non-hydrogen) atoms. The van der Waals surface area contributed by atoms with Crippen LogP contribution in [0.4, 0.5) is 17.1 Å². The lowest BCUT2D eigenvalue weighted by molar-refractivity contribution is -0.385. The van der Waals surface area contributed by atoms with Crippen molar-refractivity contribution in [1.82, 2.24) is 5.01 Å². The molecule has 9 nitrogen and oxygen atoms in total. The maximum atomic E-state index is 11.2. The molecule has 0 saturated carbocycles. The molecule has 0 amide bonds. The van der Waals surface area contributed by atoms with Gasteiger partial charge in [-0.25, -0.2) is 10.0 Å². The third-order valence-corrected chi connectivity index (χ3v) is 4.08. The van der Waals surface area contributed by atoms with E-state index in [2.05, 4.69) is 10.1 Å². The molecule has 2 aliphatic heterocycles. The Kier molecular flexibility index (Phi) is 3.36. The summed E-state index contributed by atoms with van der Waals surface area (Å²) in [4.78, 5) is 16.6. The number of hydrogen-bond donors (Lipinski definition) is 2. The van der Waals surface area contributed by atoms with Crippen LogP contribution in [0.5, 0.6) is 0 Å². The number of fused-ring (bicyclic) bond motifs is 3. The second-order valence-corrected chi connectivity index (χ2v) is 5.61. The van der Waals surface area contributed by atoms with E-state index >= 15 is 0 Å². The van der Waals surface area contributed by atoms with E-state index < -0.39 is 11.3 Å². The number of nitro benzene ring substituents is 1. The summed E-state index contributed by atoms with van der Waals surface area (Å²) in [5, 5.41) is 27.5. The number of nitrogens with zero attached hydrogens (tertiary/aromatic N) is 5. The van der Waals surface area contributed by atoms with Gasteiger partial charge in [0, 0.05) is 6.07 Å². The molecule has 126 valence electrons. The zero-order valence-corrected chi connectivity index (χ0v) is 13.0. The van der Waals surface area contributed by atoms with Crippen molar-refractivity contribution >= 4 is 28.7 Å². The maximum absolute atomic E-state index is 11.2. The summed E-state index contributed by atoms with van der Waals surface area (Å²) in [6, 6.07) is 13.6. The number of benzene rings is 2. The molecule has 0 aliphatic carbocycles. The molecule has 3 N–H and O–H groups in total. The van der Waals surface area contributed by atoms with Gasteiger partial charge in [0.2, 0.25) is 6.35 Å². The average molecular weight is 338 g/mol. The number of nitro groups is 1. The Morgan fingerprint density at radius 2 is 1.92 bits per heavy atom. The number of hydrogen-bond acceptors (Lipinski definition) is 8. The SMILES string of the molecule is NC1=Nc2ccccc2N2C1=NN(Cc1ccccc1[N+](=O)[O-])C2O. The molecule has 0 saturated heterocycles. The van der Waals surface area contributed by atoms with Crippen LogP contribution in [0.1, 0.15) is 5.56 Å². The van der Waals surface area contributed by atoms with Crippen molar-refractivity contribution in [1.29, 1.82) is 0 Å². The molecular formula is C16H14N6O3. The number of rotatable bonds is 3. The van der Waals surface area contributed by atoms with Gasteiger partial charge in [0.05, 0.1) is 28.4 Å². The van der Waals surface area contributed by atoms with Crippen molar-refractivity contribution in [2.75, 3.05) is 4.90 Å². The molecule has 2 heterocycles.